The Morgan fingerprint density at radius 3 is 1.04 bits per heavy atom. The summed E-state index contributed by atoms with van der Waals surface area (Å²) >= 11 is 0. The van der Waals surface area contributed by atoms with Gasteiger partial charge in [0.2, 0.25) is 5.95 Å². The van der Waals surface area contributed by atoms with Crippen LogP contribution in [0.25, 0.3) is 144 Å². The highest BCUT2D eigenvalue weighted by molar-refractivity contribution is 6.26. The van der Waals surface area contributed by atoms with Gasteiger partial charge in [0.15, 0.2) is 11.6 Å². The molecule has 0 bridgehead atoms. The average Bonchev–Trinajstić information content (AvgIpc) is 4.06. The maximum absolute atomic E-state index is 5.28. The van der Waals surface area contributed by atoms with Crippen LogP contribution in [0.4, 0.5) is 0 Å². The summed E-state index contributed by atoms with van der Waals surface area (Å²) in [5, 5.41) is 12.3. The van der Waals surface area contributed by atoms with Gasteiger partial charge < -0.3 is 4.57 Å². The molecule has 0 fully saturated rings. The molecule has 3 aromatic heterocycles. The molecule has 74 heavy (non-hydrogen) atoms. The Morgan fingerprint density at radius 2 is 0.554 bits per heavy atom. The summed E-state index contributed by atoms with van der Waals surface area (Å²) in [7, 11) is 0. The van der Waals surface area contributed by atoms with E-state index >= 15 is 0 Å². The van der Waals surface area contributed by atoms with Gasteiger partial charge in [-0.1, -0.05) is 231 Å². The highest BCUT2D eigenvalue weighted by Crippen LogP contribution is 2.43. The first kappa shape index (κ1) is 41.8. The van der Waals surface area contributed by atoms with Crippen LogP contribution < -0.4 is 0 Å². The van der Waals surface area contributed by atoms with E-state index in [1.807, 2.05) is 36.4 Å². The Morgan fingerprint density at radius 1 is 0.216 bits per heavy atom. The van der Waals surface area contributed by atoms with Crippen molar-refractivity contribution in [3.8, 4) is 67.8 Å². The fourth-order valence-corrected chi connectivity index (χ4v) is 11.5. The van der Waals surface area contributed by atoms with E-state index in [0.29, 0.717) is 17.6 Å². The smallest absolute Gasteiger partial charge is 0.238 e. The van der Waals surface area contributed by atoms with Crippen molar-refractivity contribution >= 4 is 75.9 Å². The normalized spacial score (nSPS) is 11.8. The number of nitrogens with zero attached hydrogens (tertiary/aromatic N) is 5. The minimum atomic E-state index is 0.565. The van der Waals surface area contributed by atoms with E-state index in [1.54, 1.807) is 0 Å². The molecule has 0 atom stereocenters. The van der Waals surface area contributed by atoms with Crippen LogP contribution in [0.5, 0.6) is 0 Å². The first-order valence-corrected chi connectivity index (χ1v) is 25.2. The van der Waals surface area contributed by atoms with Crippen LogP contribution >= 0.6 is 0 Å². The van der Waals surface area contributed by atoms with E-state index in [-0.39, 0.29) is 0 Å². The lowest BCUT2D eigenvalue weighted by molar-refractivity contribution is 0.953. The van der Waals surface area contributed by atoms with Crippen molar-refractivity contribution in [2.75, 3.05) is 0 Å². The summed E-state index contributed by atoms with van der Waals surface area (Å²) in [6.45, 7) is 0. The molecular formula is C69H43N5. The fourth-order valence-electron chi connectivity index (χ4n) is 11.5. The summed E-state index contributed by atoms with van der Waals surface area (Å²) in [6.07, 6.45) is 0. The van der Waals surface area contributed by atoms with E-state index in [0.717, 1.165) is 66.2 Å². The van der Waals surface area contributed by atoms with E-state index in [9.17, 15) is 0 Å². The summed E-state index contributed by atoms with van der Waals surface area (Å²) < 4.78 is 4.66. The second kappa shape index (κ2) is 16.8. The Bertz CT molecular complexity index is 4580. The monoisotopic (exact) mass is 941 g/mol. The van der Waals surface area contributed by atoms with E-state index < -0.39 is 0 Å². The molecule has 3 heterocycles. The van der Waals surface area contributed by atoms with Gasteiger partial charge >= 0.3 is 0 Å². The summed E-state index contributed by atoms with van der Waals surface area (Å²) in [6, 6.07) is 93.6. The van der Waals surface area contributed by atoms with Crippen molar-refractivity contribution in [2.45, 2.75) is 0 Å². The zero-order chi connectivity index (χ0) is 48.7. The topological polar surface area (TPSA) is 48.5 Å². The van der Waals surface area contributed by atoms with Crippen molar-refractivity contribution in [1.82, 2.24) is 24.1 Å². The fraction of sp³-hybridized carbons (Fsp3) is 0. The quantitative estimate of drug-likeness (QED) is 0.150. The highest BCUT2D eigenvalue weighted by Gasteiger charge is 2.24. The molecule has 5 nitrogen and oxygen atoms in total. The second-order valence-corrected chi connectivity index (χ2v) is 19.1. The number of para-hydroxylation sites is 2. The largest absolute Gasteiger partial charge is 0.307 e. The maximum Gasteiger partial charge on any atom is 0.238 e. The van der Waals surface area contributed by atoms with Crippen LogP contribution in [0.3, 0.4) is 0 Å². The van der Waals surface area contributed by atoms with Crippen molar-refractivity contribution < 1.29 is 0 Å². The number of aromatic nitrogens is 5. The Labute approximate surface area is 426 Å². The standard InChI is InChI=1S/C69H43N5/c1-3-15-49(16-4-1)67-70-68(50-17-5-2-6-18-50)72-69(71-67)74-64-26-14-12-24-59(64)61-42-41-60-58-23-11-13-25-63(58)73(65(60)66(61)74)52-38-35-47(36-39-52)46-29-27-44(28-30-46)45-31-33-48(34-32-45)51-37-40-57-55-21-8-7-19-53(55)54-20-9-10-22-56(54)62(57)43-51/h1-43H. The lowest BCUT2D eigenvalue weighted by Crippen LogP contribution is -2.07. The van der Waals surface area contributed by atoms with Gasteiger partial charge in [0.05, 0.1) is 22.1 Å². The molecule has 0 aliphatic heterocycles. The molecule has 0 aliphatic carbocycles. The van der Waals surface area contributed by atoms with Gasteiger partial charge in [-0.3, -0.25) is 4.57 Å². The van der Waals surface area contributed by atoms with Gasteiger partial charge in [-0.05, 0) is 96.0 Å². The lowest BCUT2D eigenvalue weighted by atomic mass is 9.91. The van der Waals surface area contributed by atoms with E-state index in [2.05, 4.69) is 234 Å². The van der Waals surface area contributed by atoms with Crippen molar-refractivity contribution in [2.24, 2.45) is 0 Å². The molecule has 0 unspecified atom stereocenters. The molecular weight excluding hydrogens is 899 g/mol. The molecule has 0 aliphatic rings. The number of hydrogen-bond acceptors (Lipinski definition) is 3. The predicted octanol–water partition coefficient (Wildman–Crippen LogP) is 17.9. The minimum absolute atomic E-state index is 0.565. The van der Waals surface area contributed by atoms with Crippen molar-refractivity contribution in [1.29, 1.82) is 0 Å². The van der Waals surface area contributed by atoms with Crippen molar-refractivity contribution in [3.63, 3.8) is 0 Å². The predicted molar refractivity (Wildman–Crippen MR) is 308 cm³/mol. The Balaban J connectivity index is 0.805. The van der Waals surface area contributed by atoms with Crippen LogP contribution in [0, 0.1) is 0 Å². The molecule has 344 valence electrons. The number of hydrogen-bond donors (Lipinski definition) is 0. The zero-order valence-corrected chi connectivity index (χ0v) is 40.1. The highest BCUT2D eigenvalue weighted by atomic mass is 15.2. The third-order valence-electron chi connectivity index (χ3n) is 15.0. The number of benzene rings is 12. The van der Waals surface area contributed by atoms with Crippen LogP contribution in [0.15, 0.2) is 261 Å². The molecule has 0 amide bonds. The van der Waals surface area contributed by atoms with Gasteiger partial charge in [-0.2, -0.15) is 9.97 Å². The molecule has 0 spiro atoms. The SMILES string of the molecule is c1ccc(-c2nc(-c3ccccc3)nc(-n3c4ccccc4c4ccc5c6ccccc6n(-c6ccc(-c7ccc(-c8ccc(-c9ccc%10c%11ccccc%11c%11ccccc%11c%10c9)cc8)cc7)cc6)c5c43)n2)cc1. The summed E-state index contributed by atoms with van der Waals surface area (Å²) in [5.74, 6) is 1.81. The zero-order valence-electron chi connectivity index (χ0n) is 40.1. The third-order valence-corrected chi connectivity index (χ3v) is 15.0. The second-order valence-electron chi connectivity index (χ2n) is 19.1. The molecule has 12 aromatic carbocycles. The van der Waals surface area contributed by atoms with Crippen LogP contribution in [-0.2, 0) is 0 Å². The van der Waals surface area contributed by atoms with Gasteiger partial charge in [0.1, 0.15) is 0 Å². The van der Waals surface area contributed by atoms with Gasteiger partial charge in [-0.15, -0.1) is 0 Å². The van der Waals surface area contributed by atoms with E-state index in [4.69, 9.17) is 15.0 Å². The molecule has 15 aromatic rings. The average molecular weight is 942 g/mol. The molecule has 5 heteroatoms. The first-order valence-electron chi connectivity index (χ1n) is 25.2. The van der Waals surface area contributed by atoms with Gasteiger partial charge in [0.25, 0.3) is 0 Å². The molecule has 0 N–H and O–H groups in total. The summed E-state index contributed by atoms with van der Waals surface area (Å²) in [5.41, 5.74) is 14.3. The van der Waals surface area contributed by atoms with Crippen LogP contribution in [0.2, 0.25) is 0 Å². The number of rotatable bonds is 7. The van der Waals surface area contributed by atoms with Gasteiger partial charge in [-0.25, -0.2) is 4.98 Å². The number of fused-ring (bicyclic) bond motifs is 13. The molecule has 0 saturated carbocycles. The van der Waals surface area contributed by atoms with Crippen molar-refractivity contribution in [3.05, 3.63) is 261 Å². The Hall–Kier alpha value is -9.97. The molecule has 0 saturated heterocycles. The van der Waals surface area contributed by atoms with Crippen LogP contribution in [0.1, 0.15) is 0 Å². The summed E-state index contributed by atoms with van der Waals surface area (Å²) in [4.78, 5) is 15.6. The molecule has 0 radical (unpaired) electrons. The third kappa shape index (κ3) is 6.68. The molecule has 15 rings (SSSR count). The lowest BCUT2D eigenvalue weighted by Gasteiger charge is -2.14. The maximum atomic E-state index is 5.28. The van der Waals surface area contributed by atoms with Gasteiger partial charge in [0, 0.05) is 38.4 Å². The Kier molecular flexibility index (Phi) is 9.50. The van der Waals surface area contributed by atoms with E-state index in [1.165, 1.54) is 60.0 Å². The van der Waals surface area contributed by atoms with Crippen LogP contribution in [-0.4, -0.2) is 24.1 Å². The minimum Gasteiger partial charge on any atom is -0.307 e. The first-order chi connectivity index (χ1) is 36.7.